The summed E-state index contributed by atoms with van der Waals surface area (Å²) in [4.78, 5) is 14.8. The van der Waals surface area contributed by atoms with Gasteiger partial charge in [0.1, 0.15) is 11.8 Å². The number of nitrogens with zero attached hydrogens (tertiary/aromatic N) is 6. The van der Waals surface area contributed by atoms with Crippen LogP contribution in [0.3, 0.4) is 0 Å². The zero-order chi connectivity index (χ0) is 13.2. The van der Waals surface area contributed by atoms with Crippen molar-refractivity contribution in [2.24, 2.45) is 10.9 Å². The molecule has 18 heavy (non-hydrogen) atoms. The first-order valence-electron chi connectivity index (χ1n) is 4.68. The Hall–Kier alpha value is -3.08. The summed E-state index contributed by atoms with van der Waals surface area (Å²) in [5.74, 6) is -0.0342. The Labute approximate surface area is 102 Å². The first-order valence-corrected chi connectivity index (χ1v) is 4.68. The third kappa shape index (κ3) is 4.19. The van der Waals surface area contributed by atoms with Crippen molar-refractivity contribution in [1.82, 2.24) is 19.9 Å². The lowest BCUT2D eigenvalue weighted by Gasteiger charge is -1.92. The minimum absolute atomic E-state index is 0.0342. The van der Waals surface area contributed by atoms with Crippen LogP contribution < -0.4 is 5.73 Å². The van der Waals surface area contributed by atoms with Crippen LogP contribution in [0.1, 0.15) is 11.4 Å². The molecule has 3 N–H and O–H groups in total. The van der Waals surface area contributed by atoms with Crippen LogP contribution in [-0.2, 0) is 0 Å². The summed E-state index contributed by atoms with van der Waals surface area (Å²) in [5, 5.41) is 19.1. The van der Waals surface area contributed by atoms with Crippen LogP contribution in [0.25, 0.3) is 0 Å². The SMILES string of the molecule is N#Cc1cnccn1.NC(=NO)c1cnccn1. The Morgan fingerprint density at radius 3 is 2.22 bits per heavy atom. The molecular weight excluding hydrogens is 234 g/mol. The number of nitrogens with two attached hydrogens (primary N) is 1. The summed E-state index contributed by atoms with van der Waals surface area (Å²) in [6.07, 6.45) is 8.82. The van der Waals surface area contributed by atoms with E-state index in [9.17, 15) is 0 Å². The van der Waals surface area contributed by atoms with E-state index in [1.165, 1.54) is 37.2 Å². The molecule has 0 aliphatic carbocycles. The molecule has 2 heterocycles. The highest BCUT2D eigenvalue weighted by Gasteiger charge is 1.96. The molecule has 0 amide bonds. The largest absolute Gasteiger partial charge is 0.409 e. The van der Waals surface area contributed by atoms with Gasteiger partial charge >= 0.3 is 0 Å². The van der Waals surface area contributed by atoms with Gasteiger partial charge in [-0.1, -0.05) is 5.16 Å². The van der Waals surface area contributed by atoms with E-state index in [1.807, 2.05) is 6.07 Å². The average molecular weight is 243 g/mol. The summed E-state index contributed by atoms with van der Waals surface area (Å²) in [6.45, 7) is 0. The van der Waals surface area contributed by atoms with E-state index in [0.29, 0.717) is 11.4 Å². The molecule has 2 aromatic rings. The predicted octanol–water partition coefficient (Wildman–Crippen LogP) is -0.0806. The molecule has 0 saturated carbocycles. The number of amidine groups is 1. The number of oxime groups is 1. The molecule has 0 saturated heterocycles. The standard InChI is InChI=1S/C5H6N4O.C5H3N3/c6-5(9-10)4-3-7-1-2-8-4;6-3-5-4-7-1-2-8-5/h1-3,10H,(H2,6,9);1-2,4H. The Bertz CT molecular complexity index is 535. The fraction of sp³-hybridized carbons (Fsp3) is 0. The molecular formula is C10H9N7O. The molecule has 0 unspecified atom stereocenters. The molecule has 0 bridgehead atoms. The lowest BCUT2D eigenvalue weighted by molar-refractivity contribution is 0.318. The van der Waals surface area contributed by atoms with E-state index in [-0.39, 0.29) is 5.84 Å². The molecule has 0 radical (unpaired) electrons. The van der Waals surface area contributed by atoms with E-state index >= 15 is 0 Å². The van der Waals surface area contributed by atoms with Crippen LogP contribution >= 0.6 is 0 Å². The van der Waals surface area contributed by atoms with Crippen molar-refractivity contribution < 1.29 is 5.21 Å². The van der Waals surface area contributed by atoms with Crippen molar-refractivity contribution in [2.45, 2.75) is 0 Å². The fourth-order valence-electron chi connectivity index (χ4n) is 0.839. The molecule has 8 heteroatoms. The molecule has 2 rings (SSSR count). The van der Waals surface area contributed by atoms with Crippen molar-refractivity contribution in [3.63, 3.8) is 0 Å². The van der Waals surface area contributed by atoms with E-state index in [0.717, 1.165) is 0 Å². The Kier molecular flexibility index (Phi) is 5.22. The van der Waals surface area contributed by atoms with E-state index in [1.54, 1.807) is 0 Å². The van der Waals surface area contributed by atoms with Gasteiger partial charge in [-0.3, -0.25) is 9.97 Å². The molecule has 90 valence electrons. The Balaban J connectivity index is 0.000000184. The molecule has 0 spiro atoms. The third-order valence-corrected chi connectivity index (χ3v) is 1.61. The van der Waals surface area contributed by atoms with Crippen LogP contribution in [0.4, 0.5) is 0 Å². The first-order chi connectivity index (χ1) is 8.77. The quantitative estimate of drug-likeness (QED) is 0.309. The average Bonchev–Trinajstić information content (AvgIpc) is 2.49. The van der Waals surface area contributed by atoms with Gasteiger partial charge in [-0.25, -0.2) is 9.97 Å². The van der Waals surface area contributed by atoms with Gasteiger partial charge in [0.05, 0.1) is 12.4 Å². The molecule has 8 nitrogen and oxygen atoms in total. The number of rotatable bonds is 1. The minimum atomic E-state index is -0.0342. The van der Waals surface area contributed by atoms with Crippen molar-refractivity contribution in [3.8, 4) is 6.07 Å². The fourth-order valence-corrected chi connectivity index (χ4v) is 0.839. The third-order valence-electron chi connectivity index (χ3n) is 1.61. The van der Waals surface area contributed by atoms with Gasteiger partial charge in [-0.15, -0.1) is 0 Å². The second-order valence-electron chi connectivity index (χ2n) is 2.78. The van der Waals surface area contributed by atoms with Crippen molar-refractivity contribution in [3.05, 3.63) is 48.6 Å². The summed E-state index contributed by atoms with van der Waals surface area (Å²) in [6, 6.07) is 1.85. The lowest BCUT2D eigenvalue weighted by atomic mass is 10.4. The molecule has 2 aromatic heterocycles. The second-order valence-corrected chi connectivity index (χ2v) is 2.78. The maximum atomic E-state index is 8.19. The highest BCUT2D eigenvalue weighted by molar-refractivity contribution is 5.94. The van der Waals surface area contributed by atoms with Gasteiger partial charge in [0, 0.05) is 24.8 Å². The van der Waals surface area contributed by atoms with Gasteiger partial charge in [0.2, 0.25) is 0 Å². The van der Waals surface area contributed by atoms with Crippen LogP contribution in [0.5, 0.6) is 0 Å². The molecule has 0 aromatic carbocycles. The van der Waals surface area contributed by atoms with Crippen LogP contribution in [0, 0.1) is 11.3 Å². The predicted molar refractivity (Wildman–Crippen MR) is 61.3 cm³/mol. The molecule has 0 aliphatic rings. The highest BCUT2D eigenvalue weighted by atomic mass is 16.4. The lowest BCUT2D eigenvalue weighted by Crippen LogP contribution is -2.14. The van der Waals surface area contributed by atoms with Crippen molar-refractivity contribution in [2.75, 3.05) is 0 Å². The van der Waals surface area contributed by atoms with E-state index < -0.39 is 0 Å². The number of aromatic nitrogens is 4. The zero-order valence-corrected chi connectivity index (χ0v) is 9.17. The van der Waals surface area contributed by atoms with Crippen LogP contribution in [0.2, 0.25) is 0 Å². The van der Waals surface area contributed by atoms with Crippen LogP contribution in [-0.4, -0.2) is 31.0 Å². The maximum absolute atomic E-state index is 8.19. The zero-order valence-electron chi connectivity index (χ0n) is 9.17. The molecule has 0 aliphatic heterocycles. The van der Waals surface area contributed by atoms with Crippen LogP contribution in [0.15, 0.2) is 42.3 Å². The first kappa shape index (κ1) is 13.0. The van der Waals surface area contributed by atoms with Gasteiger partial charge in [0.15, 0.2) is 11.5 Å². The molecule has 0 atom stereocenters. The summed E-state index contributed by atoms with van der Waals surface area (Å²) < 4.78 is 0. The summed E-state index contributed by atoms with van der Waals surface area (Å²) >= 11 is 0. The van der Waals surface area contributed by atoms with E-state index in [4.69, 9.17) is 16.2 Å². The van der Waals surface area contributed by atoms with Gasteiger partial charge in [0.25, 0.3) is 0 Å². The topological polar surface area (TPSA) is 134 Å². The number of hydrogen-bond donors (Lipinski definition) is 2. The van der Waals surface area contributed by atoms with Gasteiger partial charge < -0.3 is 10.9 Å². The Morgan fingerprint density at radius 1 is 1.17 bits per heavy atom. The smallest absolute Gasteiger partial charge is 0.190 e. The molecule has 0 fully saturated rings. The highest BCUT2D eigenvalue weighted by Crippen LogP contribution is 1.87. The monoisotopic (exact) mass is 243 g/mol. The summed E-state index contributed by atoms with van der Waals surface area (Å²) in [7, 11) is 0. The van der Waals surface area contributed by atoms with Crippen molar-refractivity contribution in [1.29, 1.82) is 5.26 Å². The second kappa shape index (κ2) is 7.24. The van der Waals surface area contributed by atoms with Crippen molar-refractivity contribution >= 4 is 5.84 Å². The normalized spacial score (nSPS) is 9.83. The van der Waals surface area contributed by atoms with Gasteiger partial charge in [-0.2, -0.15) is 5.26 Å². The van der Waals surface area contributed by atoms with E-state index in [2.05, 4.69) is 25.1 Å². The minimum Gasteiger partial charge on any atom is -0.409 e. The number of hydrogen-bond acceptors (Lipinski definition) is 7. The maximum Gasteiger partial charge on any atom is 0.190 e. The summed E-state index contributed by atoms with van der Waals surface area (Å²) in [5.41, 5.74) is 5.91. The van der Waals surface area contributed by atoms with Gasteiger partial charge in [-0.05, 0) is 0 Å². The number of nitriles is 1. The Morgan fingerprint density at radius 2 is 1.83 bits per heavy atom.